The maximum Gasteiger partial charge on any atom is 0.410 e. The molecule has 4 rings (SSSR count). The van der Waals surface area contributed by atoms with E-state index in [1.807, 2.05) is 13.8 Å². The Morgan fingerprint density at radius 2 is 1.70 bits per heavy atom. The normalized spacial score (nSPS) is 16.4. The number of ether oxygens (including phenoxy) is 1. The highest BCUT2D eigenvalue weighted by molar-refractivity contribution is 7.89. The van der Waals surface area contributed by atoms with Gasteiger partial charge in [-0.15, -0.1) is 11.3 Å². The Kier molecular flexibility index (Phi) is 9.52. The number of hydrogen-bond acceptors (Lipinski definition) is 7. The topological polar surface area (TPSA) is 116 Å². The van der Waals surface area contributed by atoms with Gasteiger partial charge in [-0.05, 0) is 75.8 Å². The molecule has 0 bridgehead atoms. The molecule has 1 N–H and O–H groups in total. The molecule has 0 atom stereocenters. The van der Waals surface area contributed by atoms with Gasteiger partial charge in [0, 0.05) is 43.2 Å². The van der Waals surface area contributed by atoms with E-state index < -0.39 is 22.0 Å². The first-order valence-corrected chi connectivity index (χ1v) is 16.1. The molecular weight excluding hydrogens is 552 g/mol. The summed E-state index contributed by atoms with van der Waals surface area (Å²) in [6.07, 6.45) is 1.73. The van der Waals surface area contributed by atoms with Crippen LogP contribution in [0.5, 0.6) is 0 Å². The quantitative estimate of drug-likeness (QED) is 0.487. The summed E-state index contributed by atoms with van der Waals surface area (Å²) in [5.41, 5.74) is 1.58. The zero-order valence-electron chi connectivity index (χ0n) is 23.6. The van der Waals surface area contributed by atoms with Crippen LogP contribution in [0, 0.1) is 5.92 Å². The Hall–Kier alpha value is -2.96. The van der Waals surface area contributed by atoms with Crippen LogP contribution in [0.4, 0.5) is 9.80 Å². The molecule has 10 nitrogen and oxygen atoms in total. The summed E-state index contributed by atoms with van der Waals surface area (Å²) in [6, 6.07) is 5.91. The van der Waals surface area contributed by atoms with Gasteiger partial charge in [-0.3, -0.25) is 9.59 Å². The molecule has 1 saturated heterocycles. The van der Waals surface area contributed by atoms with Crippen LogP contribution in [-0.2, 0) is 27.7 Å². The van der Waals surface area contributed by atoms with Gasteiger partial charge in [0.15, 0.2) is 0 Å². The van der Waals surface area contributed by atoms with E-state index in [4.69, 9.17) is 4.74 Å². The molecule has 2 aliphatic heterocycles. The summed E-state index contributed by atoms with van der Waals surface area (Å²) < 4.78 is 32.8. The number of benzene rings is 1. The van der Waals surface area contributed by atoms with Crippen molar-refractivity contribution >= 4 is 44.3 Å². The van der Waals surface area contributed by atoms with E-state index in [2.05, 4.69) is 12.2 Å². The van der Waals surface area contributed by atoms with Gasteiger partial charge < -0.3 is 19.9 Å². The molecular formula is C28H38N4O6S2. The summed E-state index contributed by atoms with van der Waals surface area (Å²) in [5, 5.41) is 3.33. The SMILES string of the molecule is CCOC(=O)N1CCc2c(sc(NC(=O)c3ccc(S(=O)(=O)N4CCC(C)CC4)cc3)c2C(=O)N(CC)CC)C1. The third-order valence-electron chi connectivity index (χ3n) is 7.57. The minimum Gasteiger partial charge on any atom is -0.450 e. The molecule has 0 spiro atoms. The number of fused-ring (bicyclic) bond motifs is 1. The molecule has 3 heterocycles. The molecule has 0 radical (unpaired) electrons. The van der Waals surface area contributed by atoms with Crippen LogP contribution in [-0.4, -0.2) is 79.8 Å². The summed E-state index contributed by atoms with van der Waals surface area (Å²) in [5.74, 6) is -0.1000. The molecule has 1 aromatic heterocycles. The Balaban J connectivity index is 1.58. The lowest BCUT2D eigenvalue weighted by atomic mass is 10.0. The maximum absolute atomic E-state index is 13.5. The highest BCUT2D eigenvalue weighted by Crippen LogP contribution is 2.38. The molecule has 0 aliphatic carbocycles. The van der Waals surface area contributed by atoms with Gasteiger partial charge in [-0.1, -0.05) is 6.92 Å². The van der Waals surface area contributed by atoms with Gasteiger partial charge in [0.05, 0.1) is 23.6 Å². The average Bonchev–Trinajstić information content (AvgIpc) is 3.31. The second kappa shape index (κ2) is 12.7. The van der Waals surface area contributed by atoms with Crippen molar-refractivity contribution in [1.82, 2.24) is 14.1 Å². The van der Waals surface area contributed by atoms with Crippen LogP contribution in [0.25, 0.3) is 0 Å². The number of nitrogens with one attached hydrogen (secondary N) is 1. The summed E-state index contributed by atoms with van der Waals surface area (Å²) in [7, 11) is -3.63. The number of carbonyl (C=O) groups is 3. The second-order valence-corrected chi connectivity index (χ2v) is 13.2. The van der Waals surface area contributed by atoms with Crippen molar-refractivity contribution in [3.05, 3.63) is 45.8 Å². The largest absolute Gasteiger partial charge is 0.450 e. The molecule has 2 aromatic rings. The molecule has 3 amide bonds. The van der Waals surface area contributed by atoms with Gasteiger partial charge in [0.2, 0.25) is 10.0 Å². The smallest absolute Gasteiger partial charge is 0.410 e. The van der Waals surface area contributed by atoms with Crippen molar-refractivity contribution in [3.8, 4) is 0 Å². The molecule has 1 fully saturated rings. The second-order valence-electron chi connectivity index (χ2n) is 10.1. The Bertz CT molecular complexity index is 1340. The molecule has 2 aliphatic rings. The third-order valence-corrected chi connectivity index (χ3v) is 10.6. The van der Waals surface area contributed by atoms with Crippen molar-refractivity contribution in [3.63, 3.8) is 0 Å². The van der Waals surface area contributed by atoms with Crippen molar-refractivity contribution in [2.45, 2.75) is 58.4 Å². The van der Waals surface area contributed by atoms with Crippen LogP contribution in [0.15, 0.2) is 29.2 Å². The summed E-state index contributed by atoms with van der Waals surface area (Å²) in [6.45, 7) is 10.7. The van der Waals surface area contributed by atoms with E-state index in [0.717, 1.165) is 23.3 Å². The van der Waals surface area contributed by atoms with Crippen LogP contribution in [0.2, 0.25) is 0 Å². The first-order valence-electron chi connectivity index (χ1n) is 13.9. The van der Waals surface area contributed by atoms with Crippen molar-refractivity contribution in [2.24, 2.45) is 5.92 Å². The number of carbonyl (C=O) groups excluding carboxylic acids is 3. The number of hydrogen-bond donors (Lipinski definition) is 1. The van der Waals surface area contributed by atoms with Crippen LogP contribution in [0.1, 0.15) is 71.7 Å². The van der Waals surface area contributed by atoms with Gasteiger partial charge in [0.1, 0.15) is 5.00 Å². The first kappa shape index (κ1) is 30.0. The Morgan fingerprint density at radius 1 is 1.05 bits per heavy atom. The predicted octanol–water partition coefficient (Wildman–Crippen LogP) is 4.42. The molecule has 12 heteroatoms. The zero-order valence-corrected chi connectivity index (χ0v) is 25.2. The fourth-order valence-corrected chi connectivity index (χ4v) is 7.81. The Morgan fingerprint density at radius 3 is 2.30 bits per heavy atom. The first-order chi connectivity index (χ1) is 19.1. The minimum absolute atomic E-state index is 0.154. The van der Waals surface area contributed by atoms with E-state index in [9.17, 15) is 22.8 Å². The van der Waals surface area contributed by atoms with Crippen LogP contribution < -0.4 is 5.32 Å². The Labute approximate surface area is 240 Å². The lowest BCUT2D eigenvalue weighted by Crippen LogP contribution is -2.37. The third kappa shape index (κ3) is 6.18. The number of anilines is 1. The number of amides is 3. The fraction of sp³-hybridized carbons (Fsp3) is 0.536. The minimum atomic E-state index is -3.63. The molecule has 0 unspecified atom stereocenters. The van der Waals surface area contributed by atoms with Crippen molar-refractivity contribution in [1.29, 1.82) is 0 Å². The lowest BCUT2D eigenvalue weighted by Gasteiger charge is -2.29. The molecule has 0 saturated carbocycles. The number of nitrogens with zero attached hydrogens (tertiary/aromatic N) is 3. The molecule has 40 heavy (non-hydrogen) atoms. The fourth-order valence-electron chi connectivity index (χ4n) is 5.09. The van der Waals surface area contributed by atoms with Crippen molar-refractivity contribution in [2.75, 3.05) is 44.6 Å². The van der Waals surface area contributed by atoms with E-state index in [1.165, 1.54) is 39.9 Å². The van der Waals surface area contributed by atoms with E-state index in [-0.39, 0.29) is 23.0 Å². The van der Waals surface area contributed by atoms with Crippen molar-refractivity contribution < 1.29 is 27.5 Å². The number of thiophene rings is 1. The zero-order chi connectivity index (χ0) is 29.0. The standard InChI is InChI=1S/C28H38N4O6S2/c1-5-30(6-2)27(34)24-22-14-15-31(28(35)38-7-3)18-23(22)39-26(24)29-25(33)20-8-10-21(11-9-20)40(36,37)32-16-12-19(4)13-17-32/h8-11,19H,5-7,12-18H2,1-4H3,(H,29,33). The van der Waals surface area contributed by atoms with Gasteiger partial charge in [-0.25, -0.2) is 13.2 Å². The predicted molar refractivity (Wildman–Crippen MR) is 154 cm³/mol. The van der Waals surface area contributed by atoms with E-state index in [1.54, 1.807) is 16.7 Å². The molecule has 1 aromatic carbocycles. The highest BCUT2D eigenvalue weighted by atomic mass is 32.2. The number of sulfonamides is 1. The number of piperidine rings is 1. The maximum atomic E-state index is 13.5. The van der Waals surface area contributed by atoms with Crippen LogP contribution in [0.3, 0.4) is 0 Å². The average molecular weight is 591 g/mol. The number of rotatable bonds is 8. The monoisotopic (exact) mass is 590 g/mol. The summed E-state index contributed by atoms with van der Waals surface area (Å²) >= 11 is 1.29. The molecule has 218 valence electrons. The van der Waals surface area contributed by atoms with Gasteiger partial charge in [-0.2, -0.15) is 4.31 Å². The van der Waals surface area contributed by atoms with E-state index >= 15 is 0 Å². The van der Waals surface area contributed by atoms with E-state index in [0.29, 0.717) is 62.2 Å². The van der Waals surface area contributed by atoms with Crippen LogP contribution >= 0.6 is 11.3 Å². The lowest BCUT2D eigenvalue weighted by molar-refractivity contribution is 0.0772. The van der Waals surface area contributed by atoms with Gasteiger partial charge in [0.25, 0.3) is 11.8 Å². The van der Waals surface area contributed by atoms with Gasteiger partial charge >= 0.3 is 6.09 Å². The summed E-state index contributed by atoms with van der Waals surface area (Å²) in [4.78, 5) is 43.4. The highest BCUT2D eigenvalue weighted by Gasteiger charge is 2.33.